The van der Waals surface area contributed by atoms with Crippen molar-refractivity contribution in [2.75, 3.05) is 13.2 Å². The lowest BCUT2D eigenvalue weighted by atomic mass is 10.2. The van der Waals surface area contributed by atoms with Crippen LogP contribution >= 0.6 is 0 Å². The Kier molecular flexibility index (Phi) is 9.61. The van der Waals surface area contributed by atoms with Crippen LogP contribution in [0.3, 0.4) is 0 Å². The lowest BCUT2D eigenvalue weighted by molar-refractivity contribution is -0.742. The standard InChI is InChI=1S/C18H19F3N4O4S.HNO3/c1-12-9-13(28-8-7-25(24-2)17(22)23)11-14(10-12)29-30(26,27)16-6-4-3-5-15(16)18(19,20)21;2-1(3)4/h3-6,9-11H,2,7-8H2,1H3,(H3,22,23);(H,2,3,4). The smallest absolute Gasteiger partial charge is 0.417 e. The molecule has 16 heteroatoms. The maximum absolute atomic E-state index is 13.2. The highest BCUT2D eigenvalue weighted by Crippen LogP contribution is 2.35. The Labute approximate surface area is 191 Å². The monoisotopic (exact) mass is 507 g/mol. The van der Waals surface area contributed by atoms with E-state index in [0.29, 0.717) is 11.6 Å². The first-order chi connectivity index (χ1) is 15.7. The second-order valence-corrected chi connectivity index (χ2v) is 7.76. The van der Waals surface area contributed by atoms with Crippen molar-refractivity contribution in [3.05, 3.63) is 63.7 Å². The summed E-state index contributed by atoms with van der Waals surface area (Å²) in [5.41, 5.74) is 4.52. The fourth-order valence-electron chi connectivity index (χ4n) is 2.45. The summed E-state index contributed by atoms with van der Waals surface area (Å²) in [6.45, 7) is 5.01. The number of hydrogen-bond donors (Lipinski definition) is 3. The number of aryl methyl sites for hydroxylation is 1. The molecule has 2 aromatic carbocycles. The van der Waals surface area contributed by atoms with Crippen molar-refractivity contribution in [3.8, 4) is 11.5 Å². The summed E-state index contributed by atoms with van der Waals surface area (Å²) in [5.74, 6) is -0.347. The quantitative estimate of drug-likeness (QED) is 0.159. The molecule has 2 rings (SSSR count). The van der Waals surface area contributed by atoms with E-state index in [1.807, 2.05) is 0 Å². The molecule has 0 unspecified atom stereocenters. The lowest BCUT2D eigenvalue weighted by Gasteiger charge is -2.17. The number of guanidine groups is 1. The third-order valence-electron chi connectivity index (χ3n) is 3.71. The minimum absolute atomic E-state index is 0.0190. The number of alkyl halides is 3. The van der Waals surface area contributed by atoms with Gasteiger partial charge in [0, 0.05) is 12.8 Å². The molecule has 0 bridgehead atoms. The van der Waals surface area contributed by atoms with E-state index in [2.05, 4.69) is 11.8 Å². The number of nitrogens with two attached hydrogens (primary N) is 1. The van der Waals surface area contributed by atoms with E-state index in [9.17, 15) is 21.6 Å². The van der Waals surface area contributed by atoms with Crippen LogP contribution in [0.25, 0.3) is 0 Å². The number of halogens is 3. The molecule has 12 nitrogen and oxygen atoms in total. The van der Waals surface area contributed by atoms with Gasteiger partial charge in [0.05, 0.1) is 12.1 Å². The third kappa shape index (κ3) is 8.81. The van der Waals surface area contributed by atoms with Crippen molar-refractivity contribution in [2.24, 2.45) is 10.8 Å². The highest BCUT2D eigenvalue weighted by Gasteiger charge is 2.37. The Morgan fingerprint density at radius 2 is 1.85 bits per heavy atom. The summed E-state index contributed by atoms with van der Waals surface area (Å²) >= 11 is 0. The highest BCUT2D eigenvalue weighted by atomic mass is 32.2. The first-order valence-electron chi connectivity index (χ1n) is 8.94. The predicted octanol–water partition coefficient (Wildman–Crippen LogP) is 2.62. The summed E-state index contributed by atoms with van der Waals surface area (Å²) in [6, 6.07) is 7.88. The van der Waals surface area contributed by atoms with E-state index < -0.39 is 31.8 Å². The fourth-order valence-corrected chi connectivity index (χ4v) is 3.59. The number of rotatable bonds is 8. The Bertz CT molecular complexity index is 1140. The number of hydrazone groups is 1. The predicted molar refractivity (Wildman–Crippen MR) is 113 cm³/mol. The summed E-state index contributed by atoms with van der Waals surface area (Å²) in [7, 11) is -4.76. The minimum Gasteiger partial charge on any atom is -0.492 e. The molecule has 186 valence electrons. The van der Waals surface area contributed by atoms with Crippen molar-refractivity contribution < 1.29 is 40.8 Å². The third-order valence-corrected chi connectivity index (χ3v) is 5.02. The molecular formula is C18H20F3N5O7S. The molecule has 0 spiro atoms. The van der Waals surface area contributed by atoms with E-state index in [1.54, 1.807) is 13.0 Å². The molecule has 0 aliphatic carbocycles. The first-order valence-corrected chi connectivity index (χ1v) is 10.3. The number of nitrogens with zero attached hydrogens (tertiary/aromatic N) is 3. The van der Waals surface area contributed by atoms with Gasteiger partial charge in [-0.15, -0.1) is 10.1 Å². The number of ether oxygens (including phenoxy) is 1. The van der Waals surface area contributed by atoms with E-state index in [4.69, 9.17) is 35.4 Å². The normalized spacial score (nSPS) is 10.9. The molecule has 4 N–H and O–H groups in total. The van der Waals surface area contributed by atoms with Crippen LogP contribution < -0.4 is 14.7 Å². The van der Waals surface area contributed by atoms with E-state index in [-0.39, 0.29) is 30.6 Å². The van der Waals surface area contributed by atoms with Crippen LogP contribution in [0.4, 0.5) is 13.2 Å². The van der Waals surface area contributed by atoms with Gasteiger partial charge in [0.2, 0.25) is 5.96 Å². The van der Waals surface area contributed by atoms with Gasteiger partial charge in [-0.1, -0.05) is 12.1 Å². The van der Waals surface area contributed by atoms with Crippen LogP contribution in [-0.2, 0) is 16.3 Å². The lowest BCUT2D eigenvalue weighted by Crippen LogP contribution is -2.34. The molecule has 0 aliphatic heterocycles. The molecule has 0 saturated carbocycles. The van der Waals surface area contributed by atoms with E-state index in [1.165, 1.54) is 18.2 Å². The topological polar surface area (TPSA) is 181 Å². The van der Waals surface area contributed by atoms with E-state index >= 15 is 0 Å². The molecule has 2 aromatic rings. The van der Waals surface area contributed by atoms with Gasteiger partial charge in [-0.2, -0.15) is 26.7 Å². The molecule has 0 aromatic heterocycles. The summed E-state index contributed by atoms with van der Waals surface area (Å²) in [4.78, 5) is 7.37. The molecule has 34 heavy (non-hydrogen) atoms. The summed E-state index contributed by atoms with van der Waals surface area (Å²) in [6.07, 6.45) is -4.87. The van der Waals surface area contributed by atoms with Crippen LogP contribution in [0.1, 0.15) is 11.1 Å². The van der Waals surface area contributed by atoms with E-state index in [0.717, 1.165) is 17.1 Å². The van der Waals surface area contributed by atoms with Gasteiger partial charge in [-0.05, 0) is 36.8 Å². The fraction of sp³-hybridized carbons (Fsp3) is 0.222. The average Bonchev–Trinajstić information content (AvgIpc) is 2.69. The van der Waals surface area contributed by atoms with Gasteiger partial charge in [0.1, 0.15) is 23.0 Å². The maximum atomic E-state index is 13.2. The number of nitrogens with one attached hydrogen (secondary N) is 1. The number of benzene rings is 2. The zero-order valence-corrected chi connectivity index (χ0v) is 18.3. The minimum atomic E-state index is -4.87. The van der Waals surface area contributed by atoms with Gasteiger partial charge in [-0.3, -0.25) is 5.41 Å². The van der Waals surface area contributed by atoms with Crippen molar-refractivity contribution in [3.63, 3.8) is 0 Å². The Balaban J connectivity index is 0.00000133. The van der Waals surface area contributed by atoms with Crippen molar-refractivity contribution in [1.29, 1.82) is 5.41 Å². The van der Waals surface area contributed by atoms with Crippen LogP contribution in [0, 0.1) is 22.4 Å². The van der Waals surface area contributed by atoms with Crippen molar-refractivity contribution in [1.82, 2.24) is 5.01 Å². The molecule has 0 aliphatic rings. The van der Waals surface area contributed by atoms with Crippen LogP contribution in [0.15, 0.2) is 52.5 Å². The molecule has 0 saturated heterocycles. The second-order valence-electron chi connectivity index (χ2n) is 6.25. The largest absolute Gasteiger partial charge is 0.492 e. The Hall–Kier alpha value is -4.08. The summed E-state index contributed by atoms with van der Waals surface area (Å²) in [5, 5.41) is 25.5. The first kappa shape index (κ1) is 28.0. The van der Waals surface area contributed by atoms with Gasteiger partial charge >= 0.3 is 16.3 Å². The summed E-state index contributed by atoms with van der Waals surface area (Å²) < 4.78 is 74.8. The van der Waals surface area contributed by atoms with Crippen LogP contribution in [0.2, 0.25) is 0 Å². The molecule has 0 atom stereocenters. The second kappa shape index (κ2) is 11.7. The average molecular weight is 507 g/mol. The van der Waals surface area contributed by atoms with Gasteiger partial charge in [0.15, 0.2) is 0 Å². The zero-order chi connectivity index (χ0) is 26.1. The van der Waals surface area contributed by atoms with Crippen LogP contribution in [-0.4, -0.2) is 49.5 Å². The molecule has 0 amide bonds. The number of hydrogen-bond acceptors (Lipinski definition) is 8. The molecule has 0 heterocycles. The molecule has 0 fully saturated rings. The van der Waals surface area contributed by atoms with Crippen LogP contribution in [0.5, 0.6) is 11.5 Å². The SMILES string of the molecule is C=NN(CCOc1cc(C)cc(OS(=O)(=O)c2ccccc2C(F)(F)F)c1)C(=N)N.O=[N+]([O-])O. The molecule has 0 radical (unpaired) electrons. The highest BCUT2D eigenvalue weighted by molar-refractivity contribution is 7.87. The zero-order valence-electron chi connectivity index (χ0n) is 17.5. The maximum Gasteiger partial charge on any atom is 0.417 e. The van der Waals surface area contributed by atoms with Gasteiger partial charge in [0.25, 0.3) is 5.09 Å². The van der Waals surface area contributed by atoms with Crippen molar-refractivity contribution >= 4 is 22.8 Å². The Morgan fingerprint density at radius 1 is 1.29 bits per heavy atom. The Morgan fingerprint density at radius 3 is 2.38 bits per heavy atom. The van der Waals surface area contributed by atoms with Gasteiger partial charge < -0.3 is 19.9 Å². The van der Waals surface area contributed by atoms with Gasteiger partial charge in [-0.25, -0.2) is 5.01 Å². The van der Waals surface area contributed by atoms with Crippen molar-refractivity contribution in [2.45, 2.75) is 18.0 Å². The molecular weight excluding hydrogens is 487 g/mol.